The van der Waals surface area contributed by atoms with Crippen molar-refractivity contribution in [2.24, 2.45) is 0 Å². The summed E-state index contributed by atoms with van der Waals surface area (Å²) in [6, 6.07) is 49.9. The molecule has 12 heterocycles. The number of alkyl halides is 1. The topological polar surface area (TPSA) is 261 Å². The summed E-state index contributed by atoms with van der Waals surface area (Å²) in [6.07, 6.45) is 4.88. The average molecular weight is 1780 g/mol. The first-order chi connectivity index (χ1) is 60.5. The van der Waals surface area contributed by atoms with Gasteiger partial charge in [-0.1, -0.05) is 23.2 Å². The number of H-pyrrole nitrogens is 8. The number of esters is 2. The number of hydrogen-bond acceptors (Lipinski definition) is 12. The number of hydrogen-bond donors (Lipinski definition) is 11. The van der Waals surface area contributed by atoms with Gasteiger partial charge in [0.25, 0.3) is 0 Å². The van der Waals surface area contributed by atoms with Gasteiger partial charge in [-0.3, -0.25) is 0 Å². The molecule has 4 aliphatic heterocycles. The molecule has 11 N–H and O–H groups in total. The number of carbonyl (C=O) groups excluding carboxylic acids is 2. The van der Waals surface area contributed by atoms with Crippen molar-refractivity contribution in [1.82, 2.24) is 55.8 Å². The van der Waals surface area contributed by atoms with Gasteiger partial charge < -0.3 is 89.0 Å². The average Bonchev–Trinajstić information content (AvgIpc) is 1.59. The molecule has 4 fully saturated rings. The Hall–Kier alpha value is -12.2. The van der Waals surface area contributed by atoms with Crippen LogP contribution in [0, 0.1) is 23.3 Å². The molecule has 12 aromatic carbocycles. The Kier molecular flexibility index (Phi) is 22.7. The third-order valence-electron chi connectivity index (χ3n) is 24.4. The number of benzene rings is 12. The van der Waals surface area contributed by atoms with Gasteiger partial charge in [0.05, 0.1) is 74.6 Å². The molecule has 0 bridgehead atoms. The van der Waals surface area contributed by atoms with E-state index >= 15 is 0 Å². The van der Waals surface area contributed by atoms with Crippen LogP contribution in [0.2, 0.25) is 10.0 Å². The normalized spacial score (nSPS) is 17.1. The minimum absolute atomic E-state index is 0. The zero-order valence-corrected chi connectivity index (χ0v) is 71.1. The molecule has 0 aliphatic carbocycles. The molecule has 0 radical (unpaired) electrons. The maximum absolute atomic E-state index is 13.9. The molecule has 126 heavy (non-hydrogen) atoms. The molecular weight excluding hydrogens is 1700 g/mol. The minimum Gasteiger partial charge on any atom is -0.488 e. The van der Waals surface area contributed by atoms with Gasteiger partial charge in [0, 0.05) is 172 Å². The predicted octanol–water partition coefficient (Wildman–Crippen LogP) is 23.4. The monoisotopic (exact) mass is 1780 g/mol. The second-order valence-corrected chi connectivity index (χ2v) is 33.2. The predicted molar refractivity (Wildman–Crippen MR) is 497 cm³/mol. The Labute approximate surface area is 736 Å². The first-order valence-corrected chi connectivity index (χ1v) is 42.6. The summed E-state index contributed by atoms with van der Waals surface area (Å²) in [6.45, 7) is 9.41. The molecule has 644 valence electrons. The minimum atomic E-state index is -0.820. The molecule has 0 saturated carbocycles. The lowest BCUT2D eigenvalue weighted by molar-refractivity contribution is 0.0517. The van der Waals surface area contributed by atoms with E-state index in [1.54, 1.807) is 50.2 Å². The number of aromatic nitrogens is 8. The third kappa shape index (κ3) is 15.4. The van der Waals surface area contributed by atoms with Crippen molar-refractivity contribution < 1.29 is 64.7 Å². The molecule has 4 aliphatic rings. The van der Waals surface area contributed by atoms with Crippen LogP contribution >= 0.6 is 48.0 Å². The van der Waals surface area contributed by atoms with E-state index in [9.17, 15) is 31.5 Å². The van der Waals surface area contributed by atoms with Crippen molar-refractivity contribution >= 4 is 234 Å². The van der Waals surface area contributed by atoms with Crippen LogP contribution in [-0.4, -0.2) is 148 Å². The van der Waals surface area contributed by atoms with Crippen LogP contribution in [0.1, 0.15) is 73.1 Å². The summed E-state index contributed by atoms with van der Waals surface area (Å²) in [5.74, 6) is 0.924. The smallest absolute Gasteiger partial charge is 0.338 e. The van der Waals surface area contributed by atoms with Crippen LogP contribution in [0.5, 0.6) is 23.0 Å². The Morgan fingerprint density at radius 2 is 0.738 bits per heavy atom. The maximum atomic E-state index is 13.9. The van der Waals surface area contributed by atoms with E-state index < -0.39 is 6.17 Å². The van der Waals surface area contributed by atoms with Crippen LogP contribution < -0.4 is 34.9 Å². The van der Waals surface area contributed by atoms with Crippen LogP contribution in [0.3, 0.4) is 0 Å². The summed E-state index contributed by atoms with van der Waals surface area (Å²) in [4.78, 5) is 52.4. The van der Waals surface area contributed by atoms with Gasteiger partial charge in [-0.05, 0) is 235 Å². The number of rotatable bonds is 15. The highest BCUT2D eigenvalue weighted by molar-refractivity contribution is 6.33. The molecule has 0 spiro atoms. The number of aromatic amines is 8. The van der Waals surface area contributed by atoms with Crippen LogP contribution in [0.25, 0.3) is 174 Å². The summed E-state index contributed by atoms with van der Waals surface area (Å²) in [5, 5.41) is 25.7. The summed E-state index contributed by atoms with van der Waals surface area (Å²) >= 11 is 12.6. The summed E-state index contributed by atoms with van der Waals surface area (Å²) in [7, 11) is 0. The number of nitrogens with one attached hydrogen (secondary N) is 11. The molecule has 0 amide bonds. The molecule has 20 nitrogen and oxygen atoms in total. The zero-order valence-electron chi connectivity index (χ0n) is 68.0. The zero-order chi connectivity index (χ0) is 84.3. The quantitative estimate of drug-likeness (QED) is 0.0338. The summed E-state index contributed by atoms with van der Waals surface area (Å²) < 4.78 is 111. The fraction of sp³-hybridized carbons (Fsp3) is 0.237. The SMILES string of the molecule is CCOC(=O)c1ccc2[nH]c3c(O[C@@H]4CCNC4)c4[nH]c5ccc(C(=O)OCC)cc5c4cc3c2c1.Cl.Cl.F[C@@H]1CN[C@H](COc2c3[nH]c4ccc(Cl)cc4c3cc3c2[nH]c2ccc(Cl)cc23)C1.Fc1ccc2[nH]c3c(OCC4CCCN4)c4[nH]c5ccc(F)cc5c4cc3c2c1.Fc1ccc2[nH]c3c(OCC4CCCO4)c4[nH]c5ccc(F)cc5c4cc3c2c1. The van der Waals surface area contributed by atoms with Crippen molar-refractivity contribution in [2.45, 2.75) is 82.8 Å². The Bertz CT molecular complexity index is 7080. The molecule has 2 unspecified atom stereocenters. The van der Waals surface area contributed by atoms with Gasteiger partial charge in [-0.2, -0.15) is 0 Å². The fourth-order valence-corrected chi connectivity index (χ4v) is 18.8. The van der Waals surface area contributed by atoms with Gasteiger partial charge in [-0.15, -0.1) is 24.8 Å². The molecule has 4 saturated heterocycles. The lowest BCUT2D eigenvalue weighted by atomic mass is 10.0. The number of carbonyl (C=O) groups is 2. The van der Waals surface area contributed by atoms with Crippen LogP contribution in [0.15, 0.2) is 170 Å². The van der Waals surface area contributed by atoms with E-state index in [1.807, 2.05) is 72.8 Å². The van der Waals surface area contributed by atoms with Crippen molar-refractivity contribution in [2.75, 3.05) is 65.8 Å². The molecule has 8 aromatic heterocycles. The van der Waals surface area contributed by atoms with E-state index in [1.165, 1.54) is 48.5 Å². The fourth-order valence-electron chi connectivity index (χ4n) is 18.5. The maximum Gasteiger partial charge on any atom is 0.338 e. The Morgan fingerprint density at radius 1 is 0.381 bits per heavy atom. The third-order valence-corrected chi connectivity index (χ3v) is 24.9. The van der Waals surface area contributed by atoms with Crippen LogP contribution in [0.4, 0.5) is 22.0 Å². The van der Waals surface area contributed by atoms with Crippen LogP contribution in [-0.2, 0) is 14.2 Å². The first-order valence-electron chi connectivity index (χ1n) is 41.9. The Balaban J connectivity index is 0.000000110. The van der Waals surface area contributed by atoms with E-state index in [4.69, 9.17) is 56.4 Å². The number of halogens is 9. The largest absolute Gasteiger partial charge is 0.488 e. The van der Waals surface area contributed by atoms with Gasteiger partial charge in [0.1, 0.15) is 55.4 Å². The molecule has 29 heteroatoms. The van der Waals surface area contributed by atoms with E-state index in [0.717, 1.165) is 244 Å². The second kappa shape index (κ2) is 34.3. The lowest BCUT2D eigenvalue weighted by Gasteiger charge is -2.14. The second-order valence-electron chi connectivity index (χ2n) is 32.3. The van der Waals surface area contributed by atoms with Crippen molar-refractivity contribution in [3.63, 3.8) is 0 Å². The highest BCUT2D eigenvalue weighted by Gasteiger charge is 2.30. The highest BCUT2D eigenvalue weighted by Crippen LogP contribution is 2.48. The number of ether oxygens (including phenoxy) is 7. The first kappa shape index (κ1) is 83.4. The standard InChI is InChI=1S/C28H27N3O5.C23H18Cl2FN3O.C23H19F2N3O.C23H18F2N2O2.2ClH/c1-3-34-27(32)15-5-7-22-18(11-15)20-13-21-19-12-16(28(33)35-4-2)6-8-23(19)31-25(21)26(24(20)30-22)36-17-9-10-29-14-17;24-11-1-3-19-15(5-11)17-8-18-16-6-12(25)2-4-20(16)29-22(18)23(21(17)28-19)30-10-14-7-13(26)9-27-14;24-12-3-5-19-15(8-12)17-10-18-16-9-13(25)4-6-20(16)28-22(18)23(21(17)27-19)29-11-14-2-1-7-26-14;24-12-3-5-19-15(8-12)17-10-18-16-9-13(25)4-6-20(16)27-22(18)23(21(17)26-19)29-11-14-2-1-7-28-14;;/h5-8,11-13,17,29-31H,3-4,9-10,14H2,1-2H3;1-6,8,13-14,27-29H,7,9-10H2;3-6,8-10,14,26-28H,1-2,7,11H2;3-6,8-10,14,26-27H,1-2,7,11H2;2*1H/t17-;13-,14-;;;;/m10..../s1. The van der Waals surface area contributed by atoms with Gasteiger partial charge in [-0.25, -0.2) is 31.5 Å². The molecular formula is C97H84Cl4F5N11O9. The van der Waals surface area contributed by atoms with Crippen molar-refractivity contribution in [3.05, 3.63) is 214 Å². The van der Waals surface area contributed by atoms with Gasteiger partial charge >= 0.3 is 11.9 Å². The van der Waals surface area contributed by atoms with Crippen molar-refractivity contribution in [3.8, 4) is 23.0 Å². The lowest BCUT2D eigenvalue weighted by Crippen LogP contribution is -2.28. The van der Waals surface area contributed by atoms with E-state index in [-0.39, 0.29) is 78.3 Å². The van der Waals surface area contributed by atoms with E-state index in [0.29, 0.717) is 84.7 Å². The highest BCUT2D eigenvalue weighted by atomic mass is 35.5. The molecule has 5 atom stereocenters. The van der Waals surface area contributed by atoms with Gasteiger partial charge in [0.15, 0.2) is 23.0 Å². The van der Waals surface area contributed by atoms with E-state index in [2.05, 4.69) is 68.0 Å². The molecule has 20 aromatic rings. The van der Waals surface area contributed by atoms with Crippen molar-refractivity contribution in [1.29, 1.82) is 0 Å². The van der Waals surface area contributed by atoms with Gasteiger partial charge in [0.2, 0.25) is 0 Å². The number of fused-ring (bicyclic) bond motifs is 24. The molecule has 24 rings (SSSR count). The summed E-state index contributed by atoms with van der Waals surface area (Å²) in [5.41, 5.74) is 14.8. The Morgan fingerprint density at radius 3 is 1.08 bits per heavy atom.